The topological polar surface area (TPSA) is 41.1 Å². The quantitative estimate of drug-likeness (QED) is 0.889. The van der Waals surface area contributed by atoms with Crippen molar-refractivity contribution in [1.29, 1.82) is 0 Å². The highest BCUT2D eigenvalue weighted by atomic mass is 15.2. The molecule has 0 unspecified atom stereocenters. The van der Waals surface area contributed by atoms with E-state index >= 15 is 0 Å². The summed E-state index contributed by atoms with van der Waals surface area (Å²) in [6.07, 6.45) is 9.60. The zero-order valence-electron chi connectivity index (χ0n) is 11.4. The van der Waals surface area contributed by atoms with Crippen LogP contribution in [0.4, 0.5) is 11.8 Å². The Labute approximate surface area is 110 Å². The van der Waals surface area contributed by atoms with E-state index in [1.807, 2.05) is 12.3 Å². The van der Waals surface area contributed by atoms with Crippen molar-refractivity contribution in [2.45, 2.75) is 45.4 Å². The summed E-state index contributed by atoms with van der Waals surface area (Å²) >= 11 is 0. The molecule has 0 radical (unpaired) electrons. The molecular weight excluding hydrogens is 224 g/mol. The monoisotopic (exact) mass is 248 g/mol. The normalized spacial score (nSPS) is 17.1. The number of hydrogen-bond donors (Lipinski definition) is 1. The minimum atomic E-state index is 0.761. The van der Waals surface area contributed by atoms with Crippen LogP contribution in [-0.4, -0.2) is 29.6 Å². The summed E-state index contributed by atoms with van der Waals surface area (Å²) in [5, 5.41) is 3.25. The molecule has 1 fully saturated rings. The highest BCUT2D eigenvalue weighted by Gasteiger charge is 2.10. The Morgan fingerprint density at radius 1 is 1.17 bits per heavy atom. The average molecular weight is 248 g/mol. The lowest BCUT2D eigenvalue weighted by Gasteiger charge is -2.25. The second-order valence-electron chi connectivity index (χ2n) is 4.92. The molecule has 1 aliphatic rings. The summed E-state index contributed by atoms with van der Waals surface area (Å²) in [5.41, 5.74) is 0. The maximum atomic E-state index is 4.61. The molecular formula is C14H24N4. The minimum Gasteiger partial charge on any atom is -0.356 e. The zero-order valence-corrected chi connectivity index (χ0v) is 11.4. The Kier molecular flexibility index (Phi) is 5.24. The van der Waals surface area contributed by atoms with Gasteiger partial charge in [0.05, 0.1) is 0 Å². The molecule has 4 nitrogen and oxygen atoms in total. The molecule has 100 valence electrons. The van der Waals surface area contributed by atoms with Crippen molar-refractivity contribution in [2.75, 3.05) is 29.9 Å². The predicted octanol–water partition coefficient (Wildman–Crippen LogP) is 3.07. The van der Waals surface area contributed by atoms with E-state index in [1.54, 1.807) is 0 Å². The van der Waals surface area contributed by atoms with Gasteiger partial charge in [0.2, 0.25) is 5.95 Å². The molecule has 2 rings (SSSR count). The molecule has 18 heavy (non-hydrogen) atoms. The first-order valence-electron chi connectivity index (χ1n) is 7.22. The molecule has 0 atom stereocenters. The van der Waals surface area contributed by atoms with Crippen molar-refractivity contribution in [3.8, 4) is 0 Å². The van der Waals surface area contributed by atoms with Crippen molar-refractivity contribution < 1.29 is 0 Å². The standard InChI is InChI=1S/C14H24N4/c1-2-9-15-14-16-10-8-13(17-14)18-11-6-4-3-5-7-12-18/h8,10H,2-7,9,11-12H2,1H3,(H,15,16,17). The van der Waals surface area contributed by atoms with E-state index < -0.39 is 0 Å². The first-order chi connectivity index (χ1) is 8.90. The van der Waals surface area contributed by atoms with Gasteiger partial charge < -0.3 is 10.2 Å². The van der Waals surface area contributed by atoms with Crippen LogP contribution in [0, 0.1) is 0 Å². The van der Waals surface area contributed by atoms with Crippen LogP contribution in [0.5, 0.6) is 0 Å². The largest absolute Gasteiger partial charge is 0.356 e. The molecule has 1 N–H and O–H groups in total. The summed E-state index contributed by atoms with van der Waals surface area (Å²) < 4.78 is 0. The van der Waals surface area contributed by atoms with Gasteiger partial charge >= 0.3 is 0 Å². The highest BCUT2D eigenvalue weighted by molar-refractivity contribution is 5.42. The Hall–Kier alpha value is -1.32. The third kappa shape index (κ3) is 3.86. The molecule has 0 spiro atoms. The first kappa shape index (κ1) is 13.1. The van der Waals surface area contributed by atoms with Crippen molar-refractivity contribution in [2.24, 2.45) is 0 Å². The van der Waals surface area contributed by atoms with E-state index in [0.29, 0.717) is 0 Å². The fraction of sp³-hybridized carbons (Fsp3) is 0.714. The summed E-state index contributed by atoms with van der Waals surface area (Å²) in [6.45, 7) is 5.34. The third-order valence-corrected chi connectivity index (χ3v) is 3.35. The Balaban J connectivity index is 2.01. The van der Waals surface area contributed by atoms with Gasteiger partial charge in [-0.3, -0.25) is 0 Å². The number of nitrogens with zero attached hydrogens (tertiary/aromatic N) is 3. The van der Waals surface area contributed by atoms with Crippen LogP contribution in [0.2, 0.25) is 0 Å². The summed E-state index contributed by atoms with van der Waals surface area (Å²) in [4.78, 5) is 11.3. The van der Waals surface area contributed by atoms with Gasteiger partial charge in [-0.05, 0) is 25.3 Å². The van der Waals surface area contributed by atoms with E-state index in [4.69, 9.17) is 0 Å². The van der Waals surface area contributed by atoms with E-state index in [1.165, 1.54) is 32.1 Å². The molecule has 1 aliphatic heterocycles. The lowest BCUT2D eigenvalue weighted by Crippen LogP contribution is -2.28. The van der Waals surface area contributed by atoms with E-state index in [2.05, 4.69) is 27.1 Å². The van der Waals surface area contributed by atoms with Crippen molar-refractivity contribution in [3.05, 3.63) is 12.3 Å². The van der Waals surface area contributed by atoms with Crippen molar-refractivity contribution in [1.82, 2.24) is 9.97 Å². The average Bonchev–Trinajstić information content (AvgIpc) is 2.36. The predicted molar refractivity (Wildman–Crippen MR) is 76.1 cm³/mol. The maximum Gasteiger partial charge on any atom is 0.224 e. The van der Waals surface area contributed by atoms with E-state index in [0.717, 1.165) is 37.8 Å². The van der Waals surface area contributed by atoms with Crippen LogP contribution in [-0.2, 0) is 0 Å². The maximum absolute atomic E-state index is 4.61. The fourth-order valence-electron chi connectivity index (χ4n) is 2.32. The van der Waals surface area contributed by atoms with Crippen LogP contribution in [0.3, 0.4) is 0 Å². The Bertz CT molecular complexity index is 345. The van der Waals surface area contributed by atoms with Crippen LogP contribution >= 0.6 is 0 Å². The number of aromatic nitrogens is 2. The first-order valence-corrected chi connectivity index (χ1v) is 7.22. The molecule has 0 bridgehead atoms. The van der Waals surface area contributed by atoms with E-state index in [9.17, 15) is 0 Å². The molecule has 0 aromatic carbocycles. The Morgan fingerprint density at radius 2 is 1.89 bits per heavy atom. The van der Waals surface area contributed by atoms with E-state index in [-0.39, 0.29) is 0 Å². The second kappa shape index (κ2) is 7.19. The van der Waals surface area contributed by atoms with Gasteiger partial charge in [-0.15, -0.1) is 0 Å². The summed E-state index contributed by atoms with van der Waals surface area (Å²) in [6, 6.07) is 2.03. The third-order valence-electron chi connectivity index (χ3n) is 3.35. The van der Waals surface area contributed by atoms with Gasteiger partial charge in [0.15, 0.2) is 0 Å². The SMILES string of the molecule is CCCNc1nccc(N2CCCCCCC2)n1. The van der Waals surface area contributed by atoms with Crippen LogP contribution in [0.25, 0.3) is 0 Å². The Morgan fingerprint density at radius 3 is 2.61 bits per heavy atom. The van der Waals surface area contributed by atoms with Gasteiger partial charge in [-0.1, -0.05) is 26.2 Å². The van der Waals surface area contributed by atoms with Gasteiger partial charge in [-0.25, -0.2) is 4.98 Å². The number of rotatable bonds is 4. The number of nitrogens with one attached hydrogen (secondary N) is 1. The molecule has 2 heterocycles. The van der Waals surface area contributed by atoms with Crippen LogP contribution < -0.4 is 10.2 Å². The molecule has 0 saturated carbocycles. The molecule has 0 amide bonds. The van der Waals surface area contributed by atoms with Gasteiger partial charge in [0.1, 0.15) is 5.82 Å². The van der Waals surface area contributed by atoms with Gasteiger partial charge in [0.25, 0.3) is 0 Å². The lowest BCUT2D eigenvalue weighted by molar-refractivity contribution is 0.553. The molecule has 4 heteroatoms. The number of hydrogen-bond acceptors (Lipinski definition) is 4. The smallest absolute Gasteiger partial charge is 0.224 e. The van der Waals surface area contributed by atoms with Crippen LogP contribution in [0.1, 0.15) is 45.4 Å². The van der Waals surface area contributed by atoms with Gasteiger partial charge in [0, 0.05) is 25.8 Å². The van der Waals surface area contributed by atoms with Crippen molar-refractivity contribution in [3.63, 3.8) is 0 Å². The van der Waals surface area contributed by atoms with Crippen molar-refractivity contribution >= 4 is 11.8 Å². The summed E-state index contributed by atoms with van der Waals surface area (Å²) in [7, 11) is 0. The molecule has 1 saturated heterocycles. The minimum absolute atomic E-state index is 0.761. The molecule has 1 aromatic heterocycles. The lowest BCUT2D eigenvalue weighted by atomic mass is 10.1. The van der Waals surface area contributed by atoms with Crippen LogP contribution in [0.15, 0.2) is 12.3 Å². The highest BCUT2D eigenvalue weighted by Crippen LogP contribution is 2.17. The number of anilines is 2. The second-order valence-corrected chi connectivity index (χ2v) is 4.92. The molecule has 1 aromatic rings. The molecule has 0 aliphatic carbocycles. The zero-order chi connectivity index (χ0) is 12.6. The van der Waals surface area contributed by atoms with Gasteiger partial charge in [-0.2, -0.15) is 4.98 Å². The fourth-order valence-corrected chi connectivity index (χ4v) is 2.32. The summed E-state index contributed by atoms with van der Waals surface area (Å²) in [5.74, 6) is 1.84.